The van der Waals surface area contributed by atoms with Gasteiger partial charge in [-0.25, -0.2) is 0 Å². The van der Waals surface area contributed by atoms with Gasteiger partial charge in [0.05, 0.1) is 0 Å². The van der Waals surface area contributed by atoms with E-state index in [4.69, 9.17) is 10.5 Å². The minimum Gasteiger partial charge on any atom is -0.381 e. The molecule has 0 fully saturated rings. The van der Waals surface area contributed by atoms with Gasteiger partial charge in [0.15, 0.2) is 0 Å². The molecular formula is C17H29NO. The summed E-state index contributed by atoms with van der Waals surface area (Å²) in [7, 11) is 0. The summed E-state index contributed by atoms with van der Waals surface area (Å²) in [4.78, 5) is 0. The van der Waals surface area contributed by atoms with E-state index in [0.717, 1.165) is 44.9 Å². The molecule has 108 valence electrons. The first-order chi connectivity index (χ1) is 9.11. The maximum absolute atomic E-state index is 5.87. The van der Waals surface area contributed by atoms with Crippen LogP contribution in [-0.2, 0) is 11.2 Å². The van der Waals surface area contributed by atoms with Gasteiger partial charge in [-0.05, 0) is 50.1 Å². The van der Waals surface area contributed by atoms with E-state index in [-0.39, 0.29) is 0 Å². The first-order valence-electron chi connectivity index (χ1n) is 7.45. The molecule has 1 rings (SSSR count). The molecule has 1 aromatic rings. The second-order valence-corrected chi connectivity index (χ2v) is 5.88. The predicted molar refractivity (Wildman–Crippen MR) is 82.3 cm³/mol. The third-order valence-electron chi connectivity index (χ3n) is 3.45. The lowest BCUT2D eigenvalue weighted by Gasteiger charge is -2.15. The third kappa shape index (κ3) is 7.34. The lowest BCUT2D eigenvalue weighted by molar-refractivity contribution is 0.111. The molecule has 2 nitrogen and oxygen atoms in total. The number of rotatable bonds is 9. The molecule has 0 heterocycles. The Morgan fingerprint density at radius 2 is 1.89 bits per heavy atom. The van der Waals surface area contributed by atoms with Crippen LogP contribution < -0.4 is 5.73 Å². The first kappa shape index (κ1) is 16.2. The molecule has 0 aliphatic heterocycles. The number of aryl methyl sites for hydroxylation is 1. The molecular weight excluding hydrogens is 234 g/mol. The van der Waals surface area contributed by atoms with Gasteiger partial charge in [0.2, 0.25) is 0 Å². The second-order valence-electron chi connectivity index (χ2n) is 5.88. The molecule has 0 amide bonds. The Hall–Kier alpha value is -0.860. The van der Waals surface area contributed by atoms with Gasteiger partial charge in [-0.15, -0.1) is 0 Å². The van der Waals surface area contributed by atoms with Crippen LogP contribution in [0.5, 0.6) is 0 Å². The molecule has 0 saturated carbocycles. The summed E-state index contributed by atoms with van der Waals surface area (Å²) in [6.45, 7) is 9.03. The Kier molecular flexibility index (Phi) is 7.76. The van der Waals surface area contributed by atoms with E-state index in [0.29, 0.717) is 5.92 Å². The van der Waals surface area contributed by atoms with Crippen molar-refractivity contribution in [2.24, 2.45) is 17.6 Å². The fourth-order valence-corrected chi connectivity index (χ4v) is 2.15. The molecule has 2 N–H and O–H groups in total. The van der Waals surface area contributed by atoms with Gasteiger partial charge < -0.3 is 10.5 Å². The maximum atomic E-state index is 5.87. The average Bonchev–Trinajstić information content (AvgIpc) is 2.36. The van der Waals surface area contributed by atoms with Gasteiger partial charge in [0.1, 0.15) is 0 Å². The number of ether oxygens (including phenoxy) is 1. The highest BCUT2D eigenvalue weighted by Crippen LogP contribution is 2.13. The van der Waals surface area contributed by atoms with Gasteiger partial charge in [0.25, 0.3) is 0 Å². The van der Waals surface area contributed by atoms with E-state index < -0.39 is 0 Å². The zero-order valence-electron chi connectivity index (χ0n) is 12.7. The Balaban J connectivity index is 2.26. The van der Waals surface area contributed by atoms with Crippen LogP contribution in [0.3, 0.4) is 0 Å². The summed E-state index contributed by atoms with van der Waals surface area (Å²) in [6, 6.07) is 8.70. The molecule has 0 saturated heterocycles. The molecule has 0 aliphatic rings. The Bertz CT molecular complexity index is 349. The van der Waals surface area contributed by atoms with E-state index in [9.17, 15) is 0 Å². The summed E-state index contributed by atoms with van der Waals surface area (Å²) in [5.41, 5.74) is 8.57. The Labute approximate surface area is 118 Å². The summed E-state index contributed by atoms with van der Waals surface area (Å²) in [6.07, 6.45) is 3.26. The number of nitrogens with two attached hydrogens (primary N) is 1. The van der Waals surface area contributed by atoms with Crippen molar-refractivity contribution in [1.82, 2.24) is 0 Å². The van der Waals surface area contributed by atoms with Gasteiger partial charge in [-0.2, -0.15) is 0 Å². The topological polar surface area (TPSA) is 35.2 Å². The van der Waals surface area contributed by atoms with Crippen LogP contribution in [0.2, 0.25) is 0 Å². The average molecular weight is 263 g/mol. The number of hydrogen-bond acceptors (Lipinski definition) is 2. The highest BCUT2D eigenvalue weighted by atomic mass is 16.5. The smallest absolute Gasteiger partial charge is 0.0469 e. The fraction of sp³-hybridized carbons (Fsp3) is 0.647. The van der Waals surface area contributed by atoms with Crippen molar-refractivity contribution in [3.05, 3.63) is 35.4 Å². The lowest BCUT2D eigenvalue weighted by Crippen LogP contribution is -2.19. The monoisotopic (exact) mass is 263 g/mol. The number of hydrogen-bond donors (Lipinski definition) is 1. The highest BCUT2D eigenvalue weighted by molar-refractivity contribution is 5.22. The summed E-state index contributed by atoms with van der Waals surface area (Å²) < 4.78 is 5.68. The van der Waals surface area contributed by atoms with Crippen LogP contribution in [0.25, 0.3) is 0 Å². The molecule has 0 aliphatic carbocycles. The van der Waals surface area contributed by atoms with E-state index in [1.165, 1.54) is 11.1 Å². The molecule has 0 spiro atoms. The SMILES string of the molecule is Cc1cccc(CC(CN)CCOCCC(C)C)c1. The van der Waals surface area contributed by atoms with Gasteiger partial charge in [0, 0.05) is 13.2 Å². The molecule has 0 radical (unpaired) electrons. The van der Waals surface area contributed by atoms with Crippen molar-refractivity contribution >= 4 is 0 Å². The predicted octanol–water partition coefficient (Wildman–Crippen LogP) is 3.57. The Morgan fingerprint density at radius 3 is 2.53 bits per heavy atom. The normalized spacial score (nSPS) is 12.9. The quantitative estimate of drug-likeness (QED) is 0.691. The molecule has 2 heteroatoms. The molecule has 1 aromatic carbocycles. The minimum atomic E-state index is 0.529. The largest absolute Gasteiger partial charge is 0.381 e. The summed E-state index contributed by atoms with van der Waals surface area (Å²) >= 11 is 0. The molecule has 1 unspecified atom stereocenters. The van der Waals surface area contributed by atoms with Crippen LogP contribution in [-0.4, -0.2) is 19.8 Å². The zero-order valence-corrected chi connectivity index (χ0v) is 12.7. The maximum Gasteiger partial charge on any atom is 0.0469 e. The van der Waals surface area contributed by atoms with Crippen LogP contribution in [0.4, 0.5) is 0 Å². The zero-order chi connectivity index (χ0) is 14.1. The van der Waals surface area contributed by atoms with E-state index >= 15 is 0 Å². The summed E-state index contributed by atoms with van der Waals surface area (Å²) in [5.74, 6) is 1.25. The lowest BCUT2D eigenvalue weighted by atomic mass is 9.96. The third-order valence-corrected chi connectivity index (χ3v) is 3.45. The van der Waals surface area contributed by atoms with Gasteiger partial charge in [-0.1, -0.05) is 43.7 Å². The van der Waals surface area contributed by atoms with Crippen LogP contribution >= 0.6 is 0 Å². The molecule has 19 heavy (non-hydrogen) atoms. The highest BCUT2D eigenvalue weighted by Gasteiger charge is 2.08. The molecule has 0 aromatic heterocycles. The minimum absolute atomic E-state index is 0.529. The number of benzene rings is 1. The Morgan fingerprint density at radius 1 is 1.16 bits per heavy atom. The van der Waals surface area contributed by atoms with Crippen LogP contribution in [0.1, 0.15) is 37.8 Å². The standard InChI is InChI=1S/C17H29NO/c1-14(2)7-9-19-10-8-17(13-18)12-16-6-4-5-15(3)11-16/h4-6,11,14,17H,7-10,12-13,18H2,1-3H3. The molecule has 0 bridgehead atoms. The summed E-state index contributed by atoms with van der Waals surface area (Å²) in [5, 5.41) is 0. The molecule has 1 atom stereocenters. The van der Waals surface area contributed by atoms with Crippen molar-refractivity contribution in [3.8, 4) is 0 Å². The van der Waals surface area contributed by atoms with Gasteiger partial charge in [-0.3, -0.25) is 0 Å². The van der Waals surface area contributed by atoms with Crippen molar-refractivity contribution in [2.45, 2.75) is 40.0 Å². The van der Waals surface area contributed by atoms with Crippen molar-refractivity contribution < 1.29 is 4.74 Å². The first-order valence-corrected chi connectivity index (χ1v) is 7.45. The van der Waals surface area contributed by atoms with Crippen LogP contribution in [0, 0.1) is 18.8 Å². The van der Waals surface area contributed by atoms with Crippen molar-refractivity contribution in [1.29, 1.82) is 0 Å². The second kappa shape index (κ2) is 9.11. The van der Waals surface area contributed by atoms with Crippen molar-refractivity contribution in [2.75, 3.05) is 19.8 Å². The van der Waals surface area contributed by atoms with Crippen molar-refractivity contribution in [3.63, 3.8) is 0 Å². The van der Waals surface area contributed by atoms with E-state index in [1.54, 1.807) is 0 Å². The van der Waals surface area contributed by atoms with Crippen LogP contribution in [0.15, 0.2) is 24.3 Å². The van der Waals surface area contributed by atoms with E-state index in [1.807, 2.05) is 0 Å². The van der Waals surface area contributed by atoms with Gasteiger partial charge >= 0.3 is 0 Å². The van der Waals surface area contributed by atoms with E-state index in [2.05, 4.69) is 45.0 Å². The fourth-order valence-electron chi connectivity index (χ4n) is 2.15.